The molecule has 8 heteroatoms. The standard InChI is InChI=1S/C19H19ClN2O4S/c20-15-7-2-4-9-17(15)27(25,26)11-5-10-21-18(23)14-12-13-6-1-3-8-16(13)22-19(14)24/h2,4-5,7,9,11-12H,1,3,6,8,10H2,(H,21,23)(H,22,24)/b11-5+. The Kier molecular flexibility index (Phi) is 5.82. The molecule has 0 bridgehead atoms. The average Bonchev–Trinajstić information content (AvgIpc) is 2.64. The lowest BCUT2D eigenvalue weighted by molar-refractivity contribution is 0.0956. The van der Waals surface area contributed by atoms with Crippen molar-refractivity contribution >= 4 is 27.3 Å². The third-order valence-corrected chi connectivity index (χ3v) is 6.34. The number of carbonyl (C=O) groups excluding carboxylic acids is 1. The van der Waals surface area contributed by atoms with Gasteiger partial charge in [0, 0.05) is 17.6 Å². The fourth-order valence-corrected chi connectivity index (χ4v) is 4.58. The van der Waals surface area contributed by atoms with Crippen molar-refractivity contribution in [3.8, 4) is 0 Å². The zero-order valence-corrected chi connectivity index (χ0v) is 16.1. The normalized spacial score (nSPS) is 14.1. The van der Waals surface area contributed by atoms with Crippen LogP contribution in [0, 0.1) is 0 Å². The van der Waals surface area contributed by atoms with Crippen molar-refractivity contribution in [3.05, 3.63) is 74.0 Å². The van der Waals surface area contributed by atoms with Crippen LogP contribution in [0.5, 0.6) is 0 Å². The number of fused-ring (bicyclic) bond motifs is 1. The largest absolute Gasteiger partial charge is 0.348 e. The van der Waals surface area contributed by atoms with Crippen LogP contribution in [0.2, 0.25) is 5.02 Å². The van der Waals surface area contributed by atoms with E-state index in [-0.39, 0.29) is 22.0 Å². The van der Waals surface area contributed by atoms with E-state index < -0.39 is 21.3 Å². The van der Waals surface area contributed by atoms with Gasteiger partial charge in [0.25, 0.3) is 11.5 Å². The number of carbonyl (C=O) groups is 1. The molecule has 2 N–H and O–H groups in total. The van der Waals surface area contributed by atoms with Crippen LogP contribution < -0.4 is 10.9 Å². The summed E-state index contributed by atoms with van der Waals surface area (Å²) in [6, 6.07) is 7.75. The Hall–Kier alpha value is -2.38. The number of H-pyrrole nitrogens is 1. The van der Waals surface area contributed by atoms with Crippen LogP contribution in [0.25, 0.3) is 0 Å². The number of rotatable bonds is 5. The molecule has 6 nitrogen and oxygen atoms in total. The van der Waals surface area contributed by atoms with Crippen molar-refractivity contribution in [3.63, 3.8) is 0 Å². The second-order valence-corrected chi connectivity index (χ2v) is 8.49. The van der Waals surface area contributed by atoms with Gasteiger partial charge in [-0.25, -0.2) is 8.42 Å². The van der Waals surface area contributed by atoms with Gasteiger partial charge >= 0.3 is 0 Å². The van der Waals surface area contributed by atoms with Crippen molar-refractivity contribution < 1.29 is 13.2 Å². The first-order chi connectivity index (χ1) is 12.9. The molecule has 1 aliphatic rings. The first kappa shape index (κ1) is 19.4. The van der Waals surface area contributed by atoms with Gasteiger partial charge in [-0.1, -0.05) is 29.8 Å². The highest BCUT2D eigenvalue weighted by Crippen LogP contribution is 2.22. The first-order valence-corrected chi connectivity index (χ1v) is 10.5. The van der Waals surface area contributed by atoms with Crippen LogP contribution in [0.4, 0.5) is 0 Å². The smallest absolute Gasteiger partial charge is 0.261 e. The molecule has 3 rings (SSSR count). The number of nitrogens with one attached hydrogen (secondary N) is 2. The van der Waals surface area contributed by atoms with Gasteiger partial charge in [0.05, 0.1) is 9.92 Å². The zero-order valence-electron chi connectivity index (χ0n) is 14.5. The summed E-state index contributed by atoms with van der Waals surface area (Å²) in [4.78, 5) is 27.1. The summed E-state index contributed by atoms with van der Waals surface area (Å²) >= 11 is 5.91. The predicted molar refractivity (Wildman–Crippen MR) is 104 cm³/mol. The van der Waals surface area contributed by atoms with Crippen molar-refractivity contribution in [1.29, 1.82) is 0 Å². The van der Waals surface area contributed by atoms with Gasteiger partial charge in [-0.05, 0) is 49.4 Å². The van der Waals surface area contributed by atoms with Crippen LogP contribution >= 0.6 is 11.6 Å². The van der Waals surface area contributed by atoms with E-state index in [2.05, 4.69) is 10.3 Å². The van der Waals surface area contributed by atoms with Crippen LogP contribution in [0.3, 0.4) is 0 Å². The van der Waals surface area contributed by atoms with Crippen LogP contribution in [-0.2, 0) is 22.7 Å². The summed E-state index contributed by atoms with van der Waals surface area (Å²) in [5, 5.41) is 3.67. The Labute approximate surface area is 162 Å². The molecule has 1 aliphatic carbocycles. The fraction of sp³-hybridized carbons (Fsp3) is 0.263. The number of halogens is 1. The second-order valence-electron chi connectivity index (χ2n) is 6.28. The molecule has 0 unspecified atom stereocenters. The Balaban J connectivity index is 1.67. The topological polar surface area (TPSA) is 96.1 Å². The fourth-order valence-electron chi connectivity index (χ4n) is 3.01. The summed E-state index contributed by atoms with van der Waals surface area (Å²) in [6.45, 7) is -0.0287. The van der Waals surface area contributed by atoms with Gasteiger partial charge in [-0.2, -0.15) is 0 Å². The quantitative estimate of drug-likeness (QED) is 0.797. The van der Waals surface area contributed by atoms with E-state index in [0.29, 0.717) is 0 Å². The van der Waals surface area contributed by atoms with Gasteiger partial charge in [0.1, 0.15) is 5.56 Å². The van der Waals surface area contributed by atoms with E-state index in [4.69, 9.17) is 11.6 Å². The minimum absolute atomic E-state index is 0.000347. The molecule has 1 amide bonds. The maximum atomic E-state index is 12.3. The molecule has 142 valence electrons. The van der Waals surface area contributed by atoms with Gasteiger partial charge in [0.2, 0.25) is 9.84 Å². The first-order valence-electron chi connectivity index (χ1n) is 8.58. The summed E-state index contributed by atoms with van der Waals surface area (Å²) in [5.74, 6) is -0.538. The number of amides is 1. The van der Waals surface area contributed by atoms with Gasteiger partial charge in [0.15, 0.2) is 0 Å². The Morgan fingerprint density at radius 2 is 1.96 bits per heavy atom. The Morgan fingerprint density at radius 1 is 1.22 bits per heavy atom. The summed E-state index contributed by atoms with van der Waals surface area (Å²) in [7, 11) is -3.71. The van der Waals surface area contributed by atoms with E-state index >= 15 is 0 Å². The molecule has 0 radical (unpaired) electrons. The molecular weight excluding hydrogens is 388 g/mol. The molecule has 0 saturated heterocycles. The predicted octanol–water partition coefficient (Wildman–Crippen LogP) is 2.62. The second kappa shape index (κ2) is 8.10. The van der Waals surface area contributed by atoms with Gasteiger partial charge in [-0.15, -0.1) is 0 Å². The minimum atomic E-state index is -3.71. The highest BCUT2D eigenvalue weighted by molar-refractivity contribution is 7.94. The van der Waals surface area contributed by atoms with Crippen molar-refractivity contribution in [2.24, 2.45) is 0 Å². The van der Waals surface area contributed by atoms with Gasteiger partial charge < -0.3 is 10.3 Å². The van der Waals surface area contributed by atoms with E-state index in [1.807, 2.05) is 0 Å². The SMILES string of the molecule is O=C(NC/C=C/S(=O)(=O)c1ccccc1Cl)c1cc2c([nH]c1=O)CCCC2. The molecule has 27 heavy (non-hydrogen) atoms. The van der Waals surface area contributed by atoms with Crippen molar-refractivity contribution in [2.75, 3.05) is 6.54 Å². The number of sulfone groups is 1. The maximum absolute atomic E-state index is 12.3. The van der Waals surface area contributed by atoms with E-state index in [0.717, 1.165) is 42.3 Å². The lowest BCUT2D eigenvalue weighted by atomic mass is 9.95. The number of benzene rings is 1. The van der Waals surface area contributed by atoms with Crippen LogP contribution in [-0.4, -0.2) is 25.9 Å². The zero-order chi connectivity index (χ0) is 19.4. The molecule has 0 atom stereocenters. The van der Waals surface area contributed by atoms with E-state index in [1.54, 1.807) is 18.2 Å². The van der Waals surface area contributed by atoms with E-state index in [9.17, 15) is 18.0 Å². The van der Waals surface area contributed by atoms with Gasteiger partial charge in [-0.3, -0.25) is 9.59 Å². The number of pyridine rings is 1. The van der Waals surface area contributed by atoms with Crippen LogP contribution in [0.1, 0.15) is 34.5 Å². The molecule has 1 aromatic heterocycles. The van der Waals surface area contributed by atoms with E-state index in [1.165, 1.54) is 18.2 Å². The summed E-state index contributed by atoms with van der Waals surface area (Å²) in [5.41, 5.74) is 1.50. The van der Waals surface area contributed by atoms with Crippen molar-refractivity contribution in [2.45, 2.75) is 30.6 Å². The lowest BCUT2D eigenvalue weighted by Crippen LogP contribution is -2.31. The molecule has 0 fully saturated rings. The average molecular weight is 407 g/mol. The number of aromatic amines is 1. The number of aryl methyl sites for hydroxylation is 2. The lowest BCUT2D eigenvalue weighted by Gasteiger charge is -2.15. The Morgan fingerprint density at radius 3 is 2.74 bits per heavy atom. The summed E-state index contributed by atoms with van der Waals surface area (Å²) in [6.07, 6.45) is 5.02. The molecule has 0 aliphatic heterocycles. The molecule has 1 heterocycles. The number of aromatic nitrogens is 1. The number of hydrogen-bond acceptors (Lipinski definition) is 4. The molecular formula is C19H19ClN2O4S. The summed E-state index contributed by atoms with van der Waals surface area (Å²) < 4.78 is 24.5. The highest BCUT2D eigenvalue weighted by atomic mass is 35.5. The monoisotopic (exact) mass is 406 g/mol. The minimum Gasteiger partial charge on any atom is -0.348 e. The Bertz CT molecular complexity index is 1060. The molecule has 0 spiro atoms. The third-order valence-electron chi connectivity index (χ3n) is 4.38. The number of hydrogen-bond donors (Lipinski definition) is 2. The maximum Gasteiger partial charge on any atom is 0.261 e. The molecule has 1 aromatic carbocycles. The van der Waals surface area contributed by atoms with Crippen LogP contribution in [0.15, 0.2) is 51.5 Å². The third kappa shape index (κ3) is 4.48. The van der Waals surface area contributed by atoms with Crippen molar-refractivity contribution in [1.82, 2.24) is 10.3 Å². The highest BCUT2D eigenvalue weighted by Gasteiger charge is 2.17. The molecule has 0 saturated carbocycles. The molecule has 2 aromatic rings.